The first-order chi connectivity index (χ1) is 36.7. The van der Waals surface area contributed by atoms with E-state index in [9.17, 15) is 5.11 Å². The van der Waals surface area contributed by atoms with E-state index in [1.807, 2.05) is 105 Å². The molecule has 1 N–H and O–H groups in total. The monoisotopic (exact) mass is 1170 g/mol. The largest absolute Gasteiger partial charge is 0.507 e. The van der Waals surface area contributed by atoms with Gasteiger partial charge in [0.25, 0.3) is 0 Å². The van der Waals surface area contributed by atoms with Gasteiger partial charge in [0.2, 0.25) is 0 Å². The molecule has 0 amide bonds. The molecule has 0 aliphatic carbocycles. The Kier molecular flexibility index (Phi) is 13.0. The van der Waals surface area contributed by atoms with E-state index < -0.39 is 18.2 Å². The zero-order valence-electron chi connectivity index (χ0n) is 48.9. The summed E-state index contributed by atoms with van der Waals surface area (Å²) in [6, 6.07) is 63.1. The molecule has 4 nitrogen and oxygen atoms in total. The first-order valence-corrected chi connectivity index (χ1v) is 25.7. The smallest absolute Gasteiger partial charge is 0.148 e. The first-order valence-electron chi connectivity index (χ1n) is 27.7. The minimum Gasteiger partial charge on any atom is -0.507 e. The van der Waals surface area contributed by atoms with Gasteiger partial charge in [0, 0.05) is 49.6 Å². The average molecular weight is 1170 g/mol. The number of benzene rings is 8. The van der Waals surface area contributed by atoms with Crippen LogP contribution >= 0.6 is 0 Å². The van der Waals surface area contributed by atoms with E-state index in [4.69, 9.17) is 15.5 Å². The Bertz CT molecular complexity index is 3850. The molecule has 0 unspecified atom stereocenters. The van der Waals surface area contributed by atoms with Crippen molar-refractivity contribution in [3.8, 4) is 89.7 Å². The molecule has 380 valence electrons. The molecule has 0 saturated carbocycles. The fourth-order valence-electron chi connectivity index (χ4n) is 9.97. The second kappa shape index (κ2) is 20.5. The number of aromatic nitrogens is 3. The average Bonchev–Trinajstić information content (AvgIpc) is 4.08. The topological polar surface area (TPSA) is 50.9 Å². The van der Waals surface area contributed by atoms with E-state index in [1.54, 1.807) is 0 Å². The third-order valence-electron chi connectivity index (χ3n) is 14.3. The second-order valence-corrected chi connectivity index (χ2v) is 23.0. The maximum atomic E-state index is 12.9. The number of aromatic hydroxyl groups is 1. The van der Waals surface area contributed by atoms with Crippen LogP contribution in [-0.4, -0.2) is 19.6 Å². The van der Waals surface area contributed by atoms with Crippen molar-refractivity contribution >= 4 is 11.0 Å². The van der Waals surface area contributed by atoms with Gasteiger partial charge < -0.3 is 5.11 Å². The molecule has 2 heterocycles. The van der Waals surface area contributed by atoms with Gasteiger partial charge >= 0.3 is 0 Å². The standard InChI is InChI=1S/C70H68N3O.Pt/c1-44(2)46-26-28-48(29-27-46)51-34-35-71-62(40-51)54-38-52(47-20-15-13-16-21-47)37-53(39-54)57-24-19-25-63-65(57)72-67(60-41-56(69(7,8)9)42-61(66(60)74)70(10,11)12)73(63)64-43-58(49-22-17-14-18-23-49)45(3)36-59(64)50-30-32-55(33-31-50)68(4,5)6;/h13-38,40-44,74H,1-12H3;/q-1;/i3D3,44D;. The molecule has 10 aromatic rings. The first kappa shape index (κ1) is 47.6. The van der Waals surface area contributed by atoms with Crippen molar-refractivity contribution in [2.75, 3.05) is 0 Å². The summed E-state index contributed by atoms with van der Waals surface area (Å²) in [4.78, 5) is 10.7. The van der Waals surface area contributed by atoms with E-state index in [0.717, 1.165) is 83.5 Å². The molecular weight excluding hydrogens is 1090 g/mol. The van der Waals surface area contributed by atoms with Gasteiger partial charge in [-0.3, -0.25) is 9.55 Å². The van der Waals surface area contributed by atoms with Gasteiger partial charge in [-0.1, -0.05) is 226 Å². The van der Waals surface area contributed by atoms with Crippen LogP contribution in [0.3, 0.4) is 0 Å². The number of fused-ring (bicyclic) bond motifs is 1. The van der Waals surface area contributed by atoms with Crippen molar-refractivity contribution in [3.05, 3.63) is 216 Å². The van der Waals surface area contributed by atoms with Crippen LogP contribution in [0.2, 0.25) is 0 Å². The van der Waals surface area contributed by atoms with E-state index in [2.05, 4.69) is 164 Å². The van der Waals surface area contributed by atoms with E-state index in [-0.39, 0.29) is 43.2 Å². The van der Waals surface area contributed by atoms with Crippen LogP contribution < -0.4 is 0 Å². The number of phenols is 1. The van der Waals surface area contributed by atoms with Gasteiger partial charge in [0.1, 0.15) is 11.6 Å². The van der Waals surface area contributed by atoms with Crippen LogP contribution in [0.1, 0.15) is 115 Å². The molecule has 0 bridgehead atoms. The van der Waals surface area contributed by atoms with Crippen LogP contribution in [0.5, 0.6) is 5.75 Å². The zero-order valence-corrected chi connectivity index (χ0v) is 47.2. The van der Waals surface area contributed by atoms with Gasteiger partial charge in [0.05, 0.1) is 22.3 Å². The molecule has 5 heteroatoms. The molecule has 8 aromatic carbocycles. The Morgan fingerprint density at radius 3 is 1.77 bits per heavy atom. The molecule has 0 aliphatic heterocycles. The summed E-state index contributed by atoms with van der Waals surface area (Å²) in [5.74, 6) is -0.0724. The number of pyridine rings is 1. The Morgan fingerprint density at radius 1 is 0.533 bits per heavy atom. The normalized spacial score (nSPS) is 13.2. The van der Waals surface area contributed by atoms with Crippen molar-refractivity contribution in [2.24, 2.45) is 0 Å². The third kappa shape index (κ3) is 10.6. The zero-order chi connectivity index (χ0) is 55.7. The predicted octanol–water partition coefficient (Wildman–Crippen LogP) is 18.9. The Labute approximate surface area is 465 Å². The number of aryl methyl sites for hydroxylation is 1. The molecule has 0 aliphatic rings. The van der Waals surface area contributed by atoms with Gasteiger partial charge in [-0.15, -0.1) is 23.8 Å². The Balaban J connectivity index is 0.00000757. The third-order valence-corrected chi connectivity index (χ3v) is 14.3. The number of rotatable bonds is 9. The maximum absolute atomic E-state index is 12.9. The summed E-state index contributed by atoms with van der Waals surface area (Å²) in [6.45, 7) is 20.8. The van der Waals surface area contributed by atoms with E-state index >= 15 is 0 Å². The van der Waals surface area contributed by atoms with Crippen LogP contribution in [0.25, 0.3) is 95.0 Å². The van der Waals surface area contributed by atoms with Crippen LogP contribution in [0, 0.1) is 12.9 Å². The van der Waals surface area contributed by atoms with Crippen LogP contribution in [0.4, 0.5) is 0 Å². The summed E-state index contributed by atoms with van der Waals surface area (Å²) in [5.41, 5.74) is 16.1. The molecular formula is C70H68N3OPt-. The van der Waals surface area contributed by atoms with Gasteiger partial charge in [-0.2, -0.15) is 0 Å². The fraction of sp³-hybridized carbons (Fsp3) is 0.229. The summed E-state index contributed by atoms with van der Waals surface area (Å²) in [6.07, 6.45) is 1.84. The van der Waals surface area contributed by atoms with Crippen molar-refractivity contribution in [1.29, 1.82) is 0 Å². The summed E-state index contributed by atoms with van der Waals surface area (Å²) in [5, 5.41) is 12.9. The number of para-hydroxylation sites is 1. The van der Waals surface area contributed by atoms with Crippen LogP contribution in [-0.2, 0) is 37.3 Å². The van der Waals surface area contributed by atoms with E-state index in [0.29, 0.717) is 33.7 Å². The number of hydrogen-bond donors (Lipinski definition) is 1. The SMILES string of the molecule is [2H]C([2H])([2H])c1cc(-c2ccc(C(C)(C)C)cc2)c(-n2c(-c3cc(C(C)(C)C)cc(C(C)(C)C)c3O)nc3c(-c4[c-]c(-c5cc(-c6ccc(C([2H])(C)C)cc6)ccn5)cc(-c5ccccc5)c4)cccc32)cc1-c1ccccc1.[Pt]. The quantitative estimate of drug-likeness (QED) is 0.147. The second-order valence-electron chi connectivity index (χ2n) is 23.0. The van der Waals surface area contributed by atoms with Crippen LogP contribution in [0.15, 0.2) is 182 Å². The molecule has 0 fully saturated rings. The maximum Gasteiger partial charge on any atom is 0.148 e. The summed E-state index contributed by atoms with van der Waals surface area (Å²) < 4.78 is 37.8. The van der Waals surface area contributed by atoms with Gasteiger partial charge in [-0.25, -0.2) is 4.98 Å². The van der Waals surface area contributed by atoms with Gasteiger partial charge in [-0.05, 0) is 115 Å². The van der Waals surface area contributed by atoms with Crippen molar-refractivity contribution in [3.63, 3.8) is 0 Å². The summed E-state index contributed by atoms with van der Waals surface area (Å²) >= 11 is 0. The molecule has 0 saturated heterocycles. The van der Waals surface area contributed by atoms with E-state index in [1.165, 1.54) is 0 Å². The number of phenolic OH excluding ortho intramolecular Hbond substituents is 1. The van der Waals surface area contributed by atoms with Gasteiger partial charge in [0.15, 0.2) is 0 Å². The summed E-state index contributed by atoms with van der Waals surface area (Å²) in [7, 11) is 0. The fourth-order valence-corrected chi connectivity index (χ4v) is 9.97. The Morgan fingerprint density at radius 2 is 1.15 bits per heavy atom. The molecule has 0 atom stereocenters. The molecule has 0 spiro atoms. The van der Waals surface area contributed by atoms with Crippen molar-refractivity contribution < 1.29 is 31.7 Å². The number of nitrogens with zero attached hydrogens (tertiary/aromatic N) is 3. The Hall–Kier alpha value is -7.13. The van der Waals surface area contributed by atoms with Crippen molar-refractivity contribution in [2.45, 2.75) is 105 Å². The number of imidazole rings is 1. The molecule has 0 radical (unpaired) electrons. The number of hydrogen-bond acceptors (Lipinski definition) is 3. The predicted molar refractivity (Wildman–Crippen MR) is 312 cm³/mol. The molecule has 10 rings (SSSR count). The molecule has 75 heavy (non-hydrogen) atoms. The molecule has 2 aromatic heterocycles. The van der Waals surface area contributed by atoms with Crippen molar-refractivity contribution in [1.82, 2.24) is 14.5 Å². The minimum absolute atomic E-state index is 0. The minimum atomic E-state index is -2.46.